The molecule has 0 bridgehead atoms. The summed E-state index contributed by atoms with van der Waals surface area (Å²) in [6.07, 6.45) is 9.32. The molecule has 4 aromatic rings. The predicted octanol–water partition coefficient (Wildman–Crippen LogP) is 4.36. The van der Waals surface area contributed by atoms with Crippen LogP contribution in [0.1, 0.15) is 58.6 Å². The van der Waals surface area contributed by atoms with Crippen LogP contribution in [0.3, 0.4) is 0 Å². The second kappa shape index (κ2) is 6.76. The van der Waals surface area contributed by atoms with Gasteiger partial charge in [0.15, 0.2) is 5.65 Å². The Morgan fingerprint density at radius 1 is 0.963 bits per heavy atom. The van der Waals surface area contributed by atoms with Gasteiger partial charge in [-0.1, -0.05) is 41.5 Å². The summed E-state index contributed by atoms with van der Waals surface area (Å²) in [4.78, 5) is 8.72. The van der Waals surface area contributed by atoms with Crippen molar-refractivity contribution in [3.63, 3.8) is 0 Å². The van der Waals surface area contributed by atoms with E-state index >= 15 is 0 Å². The summed E-state index contributed by atoms with van der Waals surface area (Å²) >= 11 is 0. The average Bonchev–Trinajstić information content (AvgIpc) is 3.18. The number of hydrogen-bond donors (Lipinski definition) is 0. The SMILES string of the molecule is CC(C)(C)c1ccn2cnnc2c1.Cc1nc(C(C)(C)C)c2cnccn12. The van der Waals surface area contributed by atoms with Crippen LogP contribution in [0.5, 0.6) is 0 Å². The van der Waals surface area contributed by atoms with Gasteiger partial charge in [-0.25, -0.2) is 4.98 Å². The van der Waals surface area contributed by atoms with Gasteiger partial charge in [0.05, 0.1) is 17.4 Å². The number of aromatic nitrogens is 6. The summed E-state index contributed by atoms with van der Waals surface area (Å²) in [5, 5.41) is 7.84. The van der Waals surface area contributed by atoms with Crippen molar-refractivity contribution < 1.29 is 0 Å². The van der Waals surface area contributed by atoms with Crippen molar-refractivity contribution >= 4 is 11.2 Å². The number of pyridine rings is 1. The van der Waals surface area contributed by atoms with Crippen LogP contribution in [0.25, 0.3) is 11.2 Å². The van der Waals surface area contributed by atoms with Crippen LogP contribution in [0.15, 0.2) is 43.2 Å². The van der Waals surface area contributed by atoms with E-state index in [1.165, 1.54) is 5.56 Å². The zero-order valence-corrected chi connectivity index (χ0v) is 17.2. The zero-order valence-electron chi connectivity index (χ0n) is 17.2. The van der Waals surface area contributed by atoms with Crippen LogP contribution >= 0.6 is 0 Å². The highest BCUT2D eigenvalue weighted by molar-refractivity contribution is 5.54. The van der Waals surface area contributed by atoms with Gasteiger partial charge in [-0.3, -0.25) is 9.38 Å². The van der Waals surface area contributed by atoms with E-state index in [9.17, 15) is 0 Å². The molecule has 27 heavy (non-hydrogen) atoms. The number of hydrogen-bond acceptors (Lipinski definition) is 4. The maximum atomic E-state index is 4.58. The molecule has 0 radical (unpaired) electrons. The minimum Gasteiger partial charge on any atom is -0.301 e. The van der Waals surface area contributed by atoms with Crippen molar-refractivity contribution in [2.75, 3.05) is 0 Å². The molecule has 0 saturated heterocycles. The Morgan fingerprint density at radius 2 is 1.70 bits per heavy atom. The molecule has 0 fully saturated rings. The molecule has 6 heteroatoms. The maximum Gasteiger partial charge on any atom is 0.160 e. The quantitative estimate of drug-likeness (QED) is 0.465. The first-order valence-corrected chi connectivity index (χ1v) is 9.16. The third kappa shape index (κ3) is 3.99. The largest absolute Gasteiger partial charge is 0.301 e. The van der Waals surface area contributed by atoms with Gasteiger partial charge >= 0.3 is 0 Å². The van der Waals surface area contributed by atoms with E-state index in [-0.39, 0.29) is 10.8 Å². The van der Waals surface area contributed by atoms with Gasteiger partial charge < -0.3 is 4.40 Å². The lowest BCUT2D eigenvalue weighted by Crippen LogP contribution is -2.12. The number of imidazole rings is 1. The number of fused-ring (bicyclic) bond motifs is 2. The Balaban J connectivity index is 0.000000156. The van der Waals surface area contributed by atoms with Crippen LogP contribution in [0, 0.1) is 6.92 Å². The minimum atomic E-state index is 0.0720. The van der Waals surface area contributed by atoms with E-state index < -0.39 is 0 Å². The van der Waals surface area contributed by atoms with Crippen molar-refractivity contribution in [3.8, 4) is 0 Å². The van der Waals surface area contributed by atoms with Crippen molar-refractivity contribution in [1.29, 1.82) is 0 Å². The predicted molar refractivity (Wildman–Crippen MR) is 108 cm³/mol. The van der Waals surface area contributed by atoms with Gasteiger partial charge in [0, 0.05) is 24.0 Å². The number of aryl methyl sites for hydroxylation is 1. The van der Waals surface area contributed by atoms with Gasteiger partial charge in [-0.15, -0.1) is 10.2 Å². The molecule has 142 valence electrons. The van der Waals surface area contributed by atoms with Crippen molar-refractivity contribution in [3.05, 3.63) is 60.3 Å². The lowest BCUT2D eigenvalue weighted by molar-refractivity contribution is 0.576. The Labute approximate surface area is 160 Å². The molecular weight excluding hydrogens is 336 g/mol. The molecule has 0 saturated carbocycles. The van der Waals surface area contributed by atoms with E-state index in [4.69, 9.17) is 0 Å². The summed E-state index contributed by atoms with van der Waals surface area (Å²) < 4.78 is 3.99. The minimum absolute atomic E-state index is 0.0720. The van der Waals surface area contributed by atoms with Gasteiger partial charge in [0.1, 0.15) is 12.2 Å². The van der Waals surface area contributed by atoms with Crippen LogP contribution in [-0.2, 0) is 10.8 Å². The van der Waals surface area contributed by atoms with Gasteiger partial charge in [0.25, 0.3) is 0 Å². The molecule has 0 unspecified atom stereocenters. The summed E-state index contributed by atoms with van der Waals surface area (Å²) in [5.41, 5.74) is 4.66. The Bertz CT molecular complexity index is 1060. The molecule has 4 heterocycles. The molecule has 0 amide bonds. The lowest BCUT2D eigenvalue weighted by atomic mass is 9.88. The van der Waals surface area contributed by atoms with E-state index in [1.54, 1.807) is 12.5 Å². The molecule has 0 aliphatic carbocycles. The second-order valence-electron chi connectivity index (χ2n) is 8.85. The smallest absolute Gasteiger partial charge is 0.160 e. The number of rotatable bonds is 0. The molecular formula is C21H28N6. The van der Waals surface area contributed by atoms with Gasteiger partial charge in [-0.2, -0.15) is 0 Å². The van der Waals surface area contributed by atoms with Crippen LogP contribution < -0.4 is 0 Å². The average molecular weight is 364 g/mol. The van der Waals surface area contributed by atoms with Crippen molar-refractivity contribution in [1.82, 2.24) is 29.0 Å². The molecule has 0 N–H and O–H groups in total. The Morgan fingerprint density at radius 3 is 2.37 bits per heavy atom. The molecule has 0 atom stereocenters. The first-order valence-electron chi connectivity index (χ1n) is 9.16. The van der Waals surface area contributed by atoms with E-state index in [0.29, 0.717) is 0 Å². The van der Waals surface area contributed by atoms with E-state index in [2.05, 4.69) is 78.2 Å². The fourth-order valence-electron chi connectivity index (χ4n) is 2.93. The maximum absolute atomic E-state index is 4.58. The Hall–Kier alpha value is -2.76. The molecule has 0 spiro atoms. The third-order valence-corrected chi connectivity index (χ3v) is 4.50. The molecule has 0 aliphatic heterocycles. The molecule has 4 aromatic heterocycles. The number of nitrogens with zero attached hydrogens (tertiary/aromatic N) is 6. The first-order chi connectivity index (χ1) is 12.6. The first kappa shape index (κ1) is 19.0. The molecule has 6 nitrogen and oxygen atoms in total. The van der Waals surface area contributed by atoms with Crippen LogP contribution in [0.2, 0.25) is 0 Å². The zero-order chi connectivity index (χ0) is 19.8. The fourth-order valence-corrected chi connectivity index (χ4v) is 2.93. The van der Waals surface area contributed by atoms with Crippen molar-refractivity contribution in [2.24, 2.45) is 0 Å². The Kier molecular flexibility index (Phi) is 4.76. The standard InChI is InChI=1S/C11H15N3.C10H13N3/c1-8-13-10(11(2,3)4)9-7-12-5-6-14(8)9;1-10(2,3)8-4-5-13-7-11-12-9(13)6-8/h5-7H,1-4H3;4-7H,1-3H3. The highest BCUT2D eigenvalue weighted by atomic mass is 15.2. The highest BCUT2D eigenvalue weighted by Gasteiger charge is 2.21. The monoisotopic (exact) mass is 364 g/mol. The van der Waals surface area contributed by atoms with E-state index in [1.807, 2.05) is 29.9 Å². The second-order valence-corrected chi connectivity index (χ2v) is 8.85. The normalized spacial score (nSPS) is 12.3. The summed E-state index contributed by atoms with van der Waals surface area (Å²) in [7, 11) is 0. The lowest BCUT2D eigenvalue weighted by Gasteiger charge is -2.18. The summed E-state index contributed by atoms with van der Waals surface area (Å²) in [5.74, 6) is 1.02. The van der Waals surface area contributed by atoms with E-state index in [0.717, 1.165) is 22.7 Å². The van der Waals surface area contributed by atoms with Gasteiger partial charge in [0.2, 0.25) is 0 Å². The van der Waals surface area contributed by atoms with Crippen LogP contribution in [-0.4, -0.2) is 29.0 Å². The fraction of sp³-hybridized carbons (Fsp3) is 0.429. The molecule has 4 rings (SSSR count). The van der Waals surface area contributed by atoms with Gasteiger partial charge in [-0.05, 0) is 30.0 Å². The summed E-state index contributed by atoms with van der Waals surface area (Å²) in [6.45, 7) is 15.1. The summed E-state index contributed by atoms with van der Waals surface area (Å²) in [6, 6.07) is 4.18. The molecule has 0 aromatic carbocycles. The van der Waals surface area contributed by atoms with Crippen molar-refractivity contribution in [2.45, 2.75) is 59.3 Å². The topological polar surface area (TPSA) is 60.4 Å². The molecule has 0 aliphatic rings. The third-order valence-electron chi connectivity index (χ3n) is 4.50. The highest BCUT2D eigenvalue weighted by Crippen LogP contribution is 2.25. The van der Waals surface area contributed by atoms with Crippen LogP contribution in [0.4, 0.5) is 0 Å².